The second kappa shape index (κ2) is 8.94. The number of aromatic nitrogens is 1. The Hall–Kier alpha value is -2.35. The van der Waals surface area contributed by atoms with Crippen molar-refractivity contribution in [3.05, 3.63) is 65.5 Å². The quantitative estimate of drug-likeness (QED) is 0.366. The highest BCUT2D eigenvalue weighted by molar-refractivity contribution is 7.80. The molecule has 0 unspecified atom stereocenters. The zero-order valence-corrected chi connectivity index (χ0v) is 13.6. The van der Waals surface area contributed by atoms with Gasteiger partial charge < -0.3 is 4.55 Å². The molecule has 0 saturated carbocycles. The fourth-order valence-electron chi connectivity index (χ4n) is 1.58. The van der Waals surface area contributed by atoms with Crippen LogP contribution in [0.2, 0.25) is 0 Å². The highest BCUT2D eigenvalue weighted by atomic mass is 32.3. The van der Waals surface area contributed by atoms with Crippen LogP contribution in [-0.4, -0.2) is 26.4 Å². The van der Waals surface area contributed by atoms with Crippen molar-refractivity contribution in [1.82, 2.24) is 0 Å². The molecule has 7 heteroatoms. The lowest BCUT2D eigenvalue weighted by Crippen LogP contribution is -2.30. The summed E-state index contributed by atoms with van der Waals surface area (Å²) in [6, 6.07) is 13.6. The number of hydrogen-bond acceptors (Lipinski definition) is 5. The number of benzene rings is 1. The van der Waals surface area contributed by atoms with Gasteiger partial charge in [0, 0.05) is 23.8 Å². The molecule has 0 saturated heterocycles. The molecule has 122 valence electrons. The van der Waals surface area contributed by atoms with Gasteiger partial charge in [-0.3, -0.25) is 8.98 Å². The molecule has 0 N–H and O–H groups in total. The Kier molecular flexibility index (Phi) is 7.27. The van der Waals surface area contributed by atoms with E-state index in [2.05, 4.69) is 20.9 Å². The van der Waals surface area contributed by atoms with Crippen LogP contribution in [0.4, 0.5) is 0 Å². The second-order valence-electron chi connectivity index (χ2n) is 4.43. The van der Waals surface area contributed by atoms with Crippen LogP contribution in [0.25, 0.3) is 12.2 Å². The highest BCUT2D eigenvalue weighted by Gasteiger charge is 1.98. The number of rotatable bonds is 4. The Morgan fingerprint density at radius 3 is 2.09 bits per heavy atom. The molecular formula is C16H17NO5S. The molecule has 6 nitrogen and oxygen atoms in total. The van der Waals surface area contributed by atoms with Crippen molar-refractivity contribution in [3.63, 3.8) is 0 Å². The van der Waals surface area contributed by atoms with Gasteiger partial charge >= 0.3 is 0 Å². The molecular weight excluding hydrogens is 318 g/mol. The number of pyridine rings is 1. The molecule has 1 aromatic heterocycles. The molecule has 0 bridgehead atoms. The van der Waals surface area contributed by atoms with Crippen molar-refractivity contribution in [1.29, 1.82) is 0 Å². The number of aryl methyl sites for hydroxylation is 1. The molecule has 0 aliphatic rings. The zero-order valence-electron chi connectivity index (χ0n) is 12.7. The molecule has 0 spiro atoms. The number of carbonyl (C=O) groups is 1. The maximum absolute atomic E-state index is 10.5. The smallest absolute Gasteiger partial charge is 0.217 e. The Bertz CT molecular complexity index is 767. The van der Waals surface area contributed by atoms with Crippen LogP contribution in [0.5, 0.6) is 0 Å². The third kappa shape index (κ3) is 7.46. The van der Waals surface area contributed by atoms with Crippen molar-refractivity contribution >= 4 is 28.8 Å². The van der Waals surface area contributed by atoms with Gasteiger partial charge in [0.15, 0.2) is 6.20 Å². The van der Waals surface area contributed by atoms with Gasteiger partial charge in [-0.15, -0.1) is 0 Å². The van der Waals surface area contributed by atoms with E-state index in [1.54, 1.807) is 0 Å². The molecule has 0 radical (unpaired) electrons. The third-order valence-corrected chi connectivity index (χ3v) is 3.23. The van der Waals surface area contributed by atoms with Crippen molar-refractivity contribution in [2.75, 3.05) is 7.11 Å². The van der Waals surface area contributed by atoms with Crippen LogP contribution in [0.3, 0.4) is 0 Å². The average Bonchev–Trinajstić information content (AvgIpc) is 2.54. The maximum Gasteiger partial charge on any atom is 0.217 e. The molecule has 2 rings (SSSR count). The van der Waals surface area contributed by atoms with E-state index in [0.29, 0.717) is 5.56 Å². The fraction of sp³-hybridized carbons (Fsp3) is 0.125. The van der Waals surface area contributed by atoms with Gasteiger partial charge in [0.25, 0.3) is 0 Å². The summed E-state index contributed by atoms with van der Waals surface area (Å²) in [5, 5.41) is 0. The van der Waals surface area contributed by atoms with Gasteiger partial charge in [0.1, 0.15) is 13.3 Å². The Balaban J connectivity index is 0.000000379. The minimum atomic E-state index is -4.41. The van der Waals surface area contributed by atoms with Gasteiger partial charge in [0.2, 0.25) is 16.1 Å². The van der Waals surface area contributed by atoms with Crippen LogP contribution in [-0.2, 0) is 21.6 Å². The van der Waals surface area contributed by atoms with Crippen molar-refractivity contribution < 1.29 is 26.5 Å². The number of hydrogen-bond donors (Lipinski definition) is 0. The molecule has 1 heterocycles. The Morgan fingerprint density at radius 2 is 1.61 bits per heavy atom. The molecule has 0 fully saturated rings. The van der Waals surface area contributed by atoms with Gasteiger partial charge in [-0.1, -0.05) is 24.3 Å². The normalized spacial score (nSPS) is 10.9. The fourth-order valence-corrected chi connectivity index (χ4v) is 1.58. The highest BCUT2D eigenvalue weighted by Crippen LogP contribution is 2.06. The van der Waals surface area contributed by atoms with Crippen LogP contribution < -0.4 is 4.57 Å². The lowest BCUT2D eigenvalue weighted by molar-refractivity contribution is -0.673. The number of carbonyl (C=O) groups excluding carboxylic acids is 1. The van der Waals surface area contributed by atoms with Gasteiger partial charge in [0.05, 0.1) is 7.11 Å². The second-order valence-corrected chi connectivity index (χ2v) is 5.58. The first-order valence-electron chi connectivity index (χ1n) is 6.55. The summed E-state index contributed by atoms with van der Waals surface area (Å²) >= 11 is 0. The summed E-state index contributed by atoms with van der Waals surface area (Å²) in [6.45, 7) is 0. The largest absolute Gasteiger partial charge is 0.726 e. The molecule has 0 atom stereocenters. The molecule has 0 aliphatic heterocycles. The lowest BCUT2D eigenvalue weighted by atomic mass is 10.1. The maximum atomic E-state index is 10.5. The summed E-state index contributed by atoms with van der Waals surface area (Å²) in [5.74, 6) is 0. The first kappa shape index (κ1) is 18.7. The SMILES string of the molecule is COS(=O)(=O)[O-].C[n+]1ccccc1C=Cc1ccc(C=O)cc1. The van der Waals surface area contributed by atoms with Crippen LogP contribution >= 0.6 is 0 Å². The van der Waals surface area contributed by atoms with Crippen LogP contribution in [0.15, 0.2) is 48.7 Å². The molecule has 23 heavy (non-hydrogen) atoms. The van der Waals surface area contributed by atoms with E-state index < -0.39 is 10.4 Å². The number of aldehydes is 1. The third-order valence-electron chi connectivity index (χ3n) is 2.82. The summed E-state index contributed by atoms with van der Waals surface area (Å²) in [4.78, 5) is 10.5. The standard InChI is InChI=1S/C15H14NO.CH4O4S/c1-16-11-3-2-4-15(16)10-9-13-5-7-14(12-17)8-6-13;1-5-6(2,3)4/h2-12H,1H3;1H3,(H,2,3,4)/q+1;/p-1. The first-order valence-corrected chi connectivity index (χ1v) is 7.88. The number of nitrogens with zero attached hydrogens (tertiary/aromatic N) is 1. The molecule has 1 aromatic carbocycles. The molecule has 0 aliphatic carbocycles. The molecule has 2 aromatic rings. The van der Waals surface area contributed by atoms with Crippen molar-refractivity contribution in [2.45, 2.75) is 0 Å². The summed E-state index contributed by atoms with van der Waals surface area (Å²) in [6.07, 6.45) is 6.94. The van der Waals surface area contributed by atoms with E-state index in [-0.39, 0.29) is 0 Å². The lowest BCUT2D eigenvalue weighted by Gasteiger charge is -1.98. The van der Waals surface area contributed by atoms with Crippen LogP contribution in [0.1, 0.15) is 21.6 Å². The van der Waals surface area contributed by atoms with E-state index in [4.69, 9.17) is 0 Å². The van der Waals surface area contributed by atoms with Crippen LogP contribution in [0, 0.1) is 0 Å². The molecule has 0 amide bonds. The zero-order chi connectivity index (χ0) is 17.3. The summed E-state index contributed by atoms with van der Waals surface area (Å²) in [7, 11) is -1.60. The van der Waals surface area contributed by atoms with Crippen molar-refractivity contribution in [3.8, 4) is 0 Å². The predicted octanol–water partition coefficient (Wildman–Crippen LogP) is 1.59. The average molecular weight is 335 g/mol. The summed E-state index contributed by atoms with van der Waals surface area (Å²) in [5.41, 5.74) is 2.92. The Morgan fingerprint density at radius 1 is 1.04 bits per heavy atom. The van der Waals surface area contributed by atoms with Gasteiger partial charge in [-0.25, -0.2) is 13.0 Å². The van der Waals surface area contributed by atoms with E-state index in [9.17, 15) is 17.8 Å². The predicted molar refractivity (Wildman–Crippen MR) is 85.1 cm³/mol. The van der Waals surface area contributed by atoms with Gasteiger partial charge in [-0.05, 0) is 17.7 Å². The van der Waals surface area contributed by atoms with E-state index in [0.717, 1.165) is 24.7 Å². The summed E-state index contributed by atoms with van der Waals surface area (Å²) < 4.78 is 33.1. The minimum Gasteiger partial charge on any atom is -0.726 e. The monoisotopic (exact) mass is 335 g/mol. The minimum absolute atomic E-state index is 0.701. The first-order chi connectivity index (χ1) is 10.9. The van der Waals surface area contributed by atoms with Gasteiger partial charge in [-0.2, -0.15) is 0 Å². The van der Waals surface area contributed by atoms with E-state index >= 15 is 0 Å². The topological polar surface area (TPSA) is 87.4 Å². The van der Waals surface area contributed by atoms with E-state index in [1.807, 2.05) is 55.7 Å². The van der Waals surface area contributed by atoms with Crippen molar-refractivity contribution in [2.24, 2.45) is 7.05 Å². The Labute approximate surface area is 135 Å². The van der Waals surface area contributed by atoms with E-state index in [1.165, 1.54) is 0 Å².